The molecule has 0 spiro atoms. The number of methoxy groups -OCH3 is 1. The zero-order valence-corrected chi connectivity index (χ0v) is 29.9. The molecule has 5 N–H and O–H groups in total. The number of carbonyl (C=O) groups is 5. The molecule has 0 aliphatic carbocycles. The van der Waals surface area contributed by atoms with Crippen LogP contribution in [0.1, 0.15) is 57.3 Å². The molecule has 312 valence electrons. The number of ether oxygens (including phenoxy) is 1. The first kappa shape index (κ1) is 48.5. The number of carboxylic acid groups (broad SMARTS) is 3. The Bertz CT molecular complexity index is 1720. The van der Waals surface area contributed by atoms with Gasteiger partial charge in [-0.1, -0.05) is 19.8 Å². The van der Waals surface area contributed by atoms with Crippen LogP contribution in [0.4, 0.5) is 39.5 Å². The molecule has 4 rings (SSSR count). The second kappa shape index (κ2) is 21.6. The second-order valence-electron chi connectivity index (χ2n) is 12.0. The number of aromatic nitrogens is 3. The Morgan fingerprint density at radius 3 is 1.88 bits per heavy atom. The molecule has 0 saturated carbocycles. The lowest BCUT2D eigenvalue weighted by atomic mass is 9.98. The summed E-state index contributed by atoms with van der Waals surface area (Å²) in [5.74, 6) is -6.82. The number of benzene rings is 1. The highest BCUT2D eigenvalue weighted by molar-refractivity contribution is 5.95. The van der Waals surface area contributed by atoms with Crippen LogP contribution >= 0.6 is 0 Å². The molecule has 14 nitrogen and oxygen atoms in total. The molecule has 23 heteroatoms. The summed E-state index contributed by atoms with van der Waals surface area (Å²) in [4.78, 5) is 62.4. The fraction of sp³-hybridized carbons (Fsp3) is 0.485. The van der Waals surface area contributed by atoms with E-state index in [9.17, 15) is 49.1 Å². The van der Waals surface area contributed by atoms with Gasteiger partial charge in [0.05, 0.1) is 32.6 Å². The predicted molar refractivity (Wildman–Crippen MR) is 166 cm³/mol. The number of fused-ring (bicyclic) bond motifs is 1. The minimum atomic E-state index is -5.19. The van der Waals surface area contributed by atoms with E-state index in [2.05, 4.69) is 33.4 Å². The average Bonchev–Trinajstić information content (AvgIpc) is 3.58. The molecule has 0 radical (unpaired) electrons. The number of carbonyl (C=O) groups excluding carboxylic acids is 5. The van der Waals surface area contributed by atoms with E-state index in [-0.39, 0.29) is 17.9 Å². The number of ketones is 1. The van der Waals surface area contributed by atoms with Crippen LogP contribution in [0.25, 0.3) is 22.2 Å². The fourth-order valence-electron chi connectivity index (χ4n) is 4.87. The number of quaternary nitrogens is 1. The number of likely N-dealkylation sites (tertiary alicyclic amines) is 1. The van der Waals surface area contributed by atoms with Crippen molar-refractivity contribution in [1.29, 1.82) is 0 Å². The summed E-state index contributed by atoms with van der Waals surface area (Å²) in [5.41, 5.74) is 2.94. The number of hydrogen-bond acceptors (Lipinski definition) is 9. The maximum Gasteiger partial charge on any atom is 0.430 e. The van der Waals surface area contributed by atoms with E-state index in [0.717, 1.165) is 72.5 Å². The summed E-state index contributed by atoms with van der Waals surface area (Å²) in [7, 11) is 3.78. The number of nitrogens with one attached hydrogen (secondary N) is 5. The average molecular weight is 820 g/mol. The molecule has 2 aromatic heterocycles. The van der Waals surface area contributed by atoms with E-state index in [4.69, 9.17) is 34.4 Å². The number of amides is 1. The van der Waals surface area contributed by atoms with Crippen LogP contribution < -0.4 is 40.2 Å². The summed E-state index contributed by atoms with van der Waals surface area (Å²) < 4.78 is 100. The number of pyridine rings is 1. The van der Waals surface area contributed by atoms with Crippen molar-refractivity contribution in [2.24, 2.45) is 5.92 Å². The van der Waals surface area contributed by atoms with Crippen LogP contribution in [0.3, 0.4) is 0 Å². The van der Waals surface area contributed by atoms with Crippen molar-refractivity contribution in [2.75, 3.05) is 27.2 Å². The largest absolute Gasteiger partial charge is 0.542 e. The van der Waals surface area contributed by atoms with E-state index in [1.54, 1.807) is 7.11 Å². The third-order valence-corrected chi connectivity index (χ3v) is 7.71. The lowest BCUT2D eigenvalue weighted by Crippen LogP contribution is -3.18. The Labute approximate surface area is 312 Å². The highest BCUT2D eigenvalue weighted by Crippen LogP contribution is 2.31. The highest BCUT2D eigenvalue weighted by Gasteiger charge is 2.37. The summed E-state index contributed by atoms with van der Waals surface area (Å²) in [6.45, 7) is 3.67. The molecule has 0 unspecified atom stereocenters. The molecule has 3 heterocycles. The number of aromatic amines is 3. The van der Waals surface area contributed by atoms with Crippen molar-refractivity contribution in [3.63, 3.8) is 0 Å². The molecule has 1 fully saturated rings. The first-order valence-corrected chi connectivity index (χ1v) is 16.4. The standard InChI is InChI=1S/C27H35N5O3.3C2HF3O2/c1-4-19(33)9-6-5-7-11-22(31-27(34)18-16-32(2)17-18)26-29-15-23(30-26)20-12-13-24(35-3)25-21(20)10-8-14-28-25;3*3-2(4,5)1(6)7/h8,10,12-15,18,22H,4-7,9,11,16-17H2,1-3H3,(H,29,30)(H,31,34);3*(H,6,7)/t22-;;;/m0.../s1. The zero-order valence-electron chi connectivity index (χ0n) is 29.9. The summed E-state index contributed by atoms with van der Waals surface area (Å²) in [5, 5.41) is 30.7. The van der Waals surface area contributed by atoms with Gasteiger partial charge in [-0.3, -0.25) is 9.59 Å². The number of alkyl halides is 9. The lowest BCUT2D eigenvalue weighted by molar-refractivity contribution is -0.927. The highest BCUT2D eigenvalue weighted by atomic mass is 19.4. The topological polar surface area (TPSA) is 224 Å². The number of H-pyrrole nitrogens is 3. The van der Waals surface area contributed by atoms with Gasteiger partial charge in [0.2, 0.25) is 5.91 Å². The second-order valence-corrected chi connectivity index (χ2v) is 12.0. The van der Waals surface area contributed by atoms with E-state index < -0.39 is 36.4 Å². The van der Waals surface area contributed by atoms with Gasteiger partial charge in [0.15, 0.2) is 17.6 Å². The minimum absolute atomic E-state index is 0.0789. The van der Waals surface area contributed by atoms with Gasteiger partial charge in [-0.05, 0) is 31.0 Å². The normalized spacial score (nSPS) is 15.6. The van der Waals surface area contributed by atoms with Crippen molar-refractivity contribution in [1.82, 2.24) is 10.3 Å². The number of imidazole rings is 1. The Hall–Kier alpha value is -5.48. The maximum absolute atomic E-state index is 12.9. The third kappa shape index (κ3) is 16.5. The fourth-order valence-corrected chi connectivity index (χ4v) is 4.87. The van der Waals surface area contributed by atoms with Crippen LogP contribution in [-0.4, -0.2) is 80.4 Å². The molecular weight excluding hydrogens is 781 g/mol. The van der Waals surface area contributed by atoms with Crippen molar-refractivity contribution in [3.8, 4) is 17.0 Å². The molecular formula is C33H38F9N5O9. The van der Waals surface area contributed by atoms with E-state index in [0.29, 0.717) is 18.6 Å². The number of aliphatic carboxylic acids is 3. The molecule has 56 heavy (non-hydrogen) atoms. The Morgan fingerprint density at radius 1 is 0.875 bits per heavy atom. The smallest absolute Gasteiger partial charge is 0.430 e. The number of carboxylic acids is 3. The third-order valence-electron chi connectivity index (χ3n) is 7.71. The number of Topliss-reactive ketones (excluding diaryl/α,β-unsaturated/α-hetero) is 1. The predicted octanol–water partition coefficient (Wildman–Crippen LogP) is -0.401. The first-order valence-electron chi connectivity index (χ1n) is 16.4. The summed E-state index contributed by atoms with van der Waals surface area (Å²) >= 11 is 0. The van der Waals surface area contributed by atoms with Gasteiger partial charge in [-0.15, -0.1) is 0 Å². The number of hydrogen-bond donors (Lipinski definition) is 3. The number of rotatable bonds is 12. The minimum Gasteiger partial charge on any atom is -0.542 e. The van der Waals surface area contributed by atoms with Crippen LogP contribution in [-0.2, 0) is 24.0 Å². The first-order chi connectivity index (χ1) is 25.8. The van der Waals surface area contributed by atoms with Crippen molar-refractivity contribution in [3.05, 3.63) is 42.5 Å². The van der Waals surface area contributed by atoms with Gasteiger partial charge in [0, 0.05) is 24.5 Å². The van der Waals surface area contributed by atoms with Gasteiger partial charge in [0.1, 0.15) is 41.8 Å². The maximum atomic E-state index is 12.9. The van der Waals surface area contributed by atoms with Gasteiger partial charge in [0.25, 0.3) is 11.3 Å². The SMILES string of the molecule is CCC(=O)CCCCC[C@H](NC(=O)C1C[NH+](C)C1)c1[nH]c(-c2ccc(OC)c3[nH+]cccc23)c[nH+]1.O=C([O-])C(F)(F)F.O=C([O-])C(F)(F)F.O=C([O-])C(F)(F)F. The molecule has 1 aromatic carbocycles. The monoisotopic (exact) mass is 819 g/mol. The van der Waals surface area contributed by atoms with Crippen LogP contribution in [0.2, 0.25) is 0 Å². The van der Waals surface area contributed by atoms with E-state index in [1.165, 1.54) is 4.90 Å². The Kier molecular flexibility index (Phi) is 18.7. The molecule has 1 aliphatic heterocycles. The van der Waals surface area contributed by atoms with Crippen molar-refractivity contribution >= 4 is 40.5 Å². The zero-order chi connectivity index (χ0) is 43.0. The Balaban J connectivity index is 0.000000610. The lowest BCUT2D eigenvalue weighted by Gasteiger charge is -2.31. The summed E-state index contributed by atoms with van der Waals surface area (Å²) in [6.07, 6.45) is -6.85. The van der Waals surface area contributed by atoms with Gasteiger partial charge in [-0.25, -0.2) is 15.0 Å². The Morgan fingerprint density at radius 2 is 1.41 bits per heavy atom. The van der Waals surface area contributed by atoms with Crippen molar-refractivity contribution in [2.45, 2.75) is 70.0 Å². The molecule has 1 amide bonds. The van der Waals surface area contributed by atoms with Gasteiger partial charge in [-0.2, -0.15) is 39.5 Å². The van der Waals surface area contributed by atoms with Gasteiger partial charge < -0.3 is 44.7 Å². The molecule has 0 bridgehead atoms. The van der Waals surface area contributed by atoms with E-state index in [1.807, 2.05) is 37.5 Å². The van der Waals surface area contributed by atoms with Crippen LogP contribution in [0.5, 0.6) is 5.75 Å². The van der Waals surface area contributed by atoms with Crippen molar-refractivity contribution < 1.29 is 98.4 Å². The molecule has 1 atom stereocenters. The molecule has 3 aromatic rings. The van der Waals surface area contributed by atoms with Crippen LogP contribution in [0, 0.1) is 5.92 Å². The number of unbranched alkanes of at least 4 members (excludes halogenated alkanes) is 2. The van der Waals surface area contributed by atoms with E-state index >= 15 is 0 Å². The molecule has 1 saturated heterocycles. The quantitative estimate of drug-likeness (QED) is 0.160. The molecule has 1 aliphatic rings. The number of halogens is 9. The summed E-state index contributed by atoms with van der Waals surface area (Å²) in [6, 6.07) is 7.92. The van der Waals surface area contributed by atoms with Gasteiger partial charge >= 0.3 is 18.5 Å². The van der Waals surface area contributed by atoms with Crippen LogP contribution in [0.15, 0.2) is 36.7 Å².